The number of anilines is 1. The molecule has 1 aliphatic carbocycles. The topological polar surface area (TPSA) is 83.9 Å². The number of fused-ring (bicyclic) bond motifs is 1. The molecule has 3 aromatic rings. The number of benzene rings is 1. The highest BCUT2D eigenvalue weighted by Gasteiger charge is 2.28. The van der Waals surface area contributed by atoms with Crippen molar-refractivity contribution in [1.82, 2.24) is 25.6 Å². The summed E-state index contributed by atoms with van der Waals surface area (Å²) in [5.74, 6) is 0.169. The number of hydrazine groups is 1. The van der Waals surface area contributed by atoms with Crippen molar-refractivity contribution < 1.29 is 4.79 Å². The number of aromatic nitrogens is 3. The third kappa shape index (κ3) is 3.61. The predicted octanol–water partition coefficient (Wildman–Crippen LogP) is 2.79. The van der Waals surface area contributed by atoms with Crippen LogP contribution in [0.3, 0.4) is 0 Å². The van der Waals surface area contributed by atoms with Crippen molar-refractivity contribution in [2.75, 3.05) is 5.32 Å². The van der Waals surface area contributed by atoms with E-state index < -0.39 is 0 Å². The van der Waals surface area contributed by atoms with Crippen LogP contribution in [0.15, 0.2) is 36.4 Å². The summed E-state index contributed by atoms with van der Waals surface area (Å²) in [4.78, 5) is 17.6. The maximum atomic E-state index is 12.8. The van der Waals surface area contributed by atoms with E-state index in [1.807, 2.05) is 50.4 Å². The van der Waals surface area contributed by atoms with Crippen LogP contribution in [0.5, 0.6) is 0 Å². The van der Waals surface area contributed by atoms with Gasteiger partial charge >= 0.3 is 0 Å². The number of rotatable bonds is 3. The highest BCUT2D eigenvalue weighted by molar-refractivity contribution is 7.80. The van der Waals surface area contributed by atoms with Crippen LogP contribution in [-0.2, 0) is 7.05 Å². The summed E-state index contributed by atoms with van der Waals surface area (Å²) in [6.07, 6.45) is 2.22. The Morgan fingerprint density at radius 3 is 2.67 bits per heavy atom. The van der Waals surface area contributed by atoms with Gasteiger partial charge in [-0.1, -0.05) is 18.2 Å². The van der Waals surface area contributed by atoms with Crippen LogP contribution in [0.2, 0.25) is 0 Å². The number of carbonyl (C=O) groups excluding carboxylic acids is 1. The molecule has 27 heavy (non-hydrogen) atoms. The average molecular weight is 380 g/mol. The van der Waals surface area contributed by atoms with Crippen molar-refractivity contribution in [3.8, 4) is 0 Å². The molecule has 8 heteroatoms. The number of hydrogen-bond acceptors (Lipinski definition) is 4. The fourth-order valence-corrected chi connectivity index (χ4v) is 3.27. The first-order valence-electron chi connectivity index (χ1n) is 8.79. The van der Waals surface area contributed by atoms with Crippen LogP contribution >= 0.6 is 12.2 Å². The zero-order valence-corrected chi connectivity index (χ0v) is 15.9. The molecule has 1 aromatic carbocycles. The second-order valence-electron chi connectivity index (χ2n) is 6.68. The quantitative estimate of drug-likeness (QED) is 0.479. The highest BCUT2D eigenvalue weighted by Crippen LogP contribution is 2.40. The fraction of sp³-hybridized carbons (Fsp3) is 0.263. The largest absolute Gasteiger partial charge is 0.331 e. The summed E-state index contributed by atoms with van der Waals surface area (Å²) in [5.41, 5.74) is 9.28. The first kappa shape index (κ1) is 17.4. The number of aryl methyl sites for hydroxylation is 2. The molecule has 1 aliphatic rings. The molecule has 0 saturated heterocycles. The van der Waals surface area contributed by atoms with Gasteiger partial charge in [-0.2, -0.15) is 5.10 Å². The Bertz CT molecular complexity index is 1030. The van der Waals surface area contributed by atoms with Crippen LogP contribution in [-0.4, -0.2) is 25.8 Å². The molecule has 0 spiro atoms. The lowest BCUT2D eigenvalue weighted by Crippen LogP contribution is -2.43. The Hall–Kier alpha value is -3.00. The Kier molecular flexibility index (Phi) is 4.49. The van der Waals surface area contributed by atoms with Gasteiger partial charge in [-0.15, -0.1) is 0 Å². The van der Waals surface area contributed by atoms with E-state index in [0.717, 1.165) is 41.0 Å². The molecular formula is C19H20N6OS. The lowest BCUT2D eigenvalue weighted by Gasteiger charge is -2.12. The van der Waals surface area contributed by atoms with E-state index in [1.54, 1.807) is 4.68 Å². The molecule has 0 radical (unpaired) electrons. The van der Waals surface area contributed by atoms with E-state index in [-0.39, 0.29) is 5.91 Å². The van der Waals surface area contributed by atoms with Crippen molar-refractivity contribution in [3.05, 3.63) is 53.3 Å². The maximum absolute atomic E-state index is 12.8. The summed E-state index contributed by atoms with van der Waals surface area (Å²) in [6.45, 7) is 1.88. The van der Waals surface area contributed by atoms with Crippen LogP contribution < -0.4 is 16.2 Å². The van der Waals surface area contributed by atoms with E-state index in [0.29, 0.717) is 16.6 Å². The first-order valence-corrected chi connectivity index (χ1v) is 9.20. The fourth-order valence-electron chi connectivity index (χ4n) is 3.10. The van der Waals surface area contributed by atoms with Crippen molar-refractivity contribution in [1.29, 1.82) is 0 Å². The van der Waals surface area contributed by atoms with E-state index in [2.05, 4.69) is 21.3 Å². The molecule has 0 unspecified atom stereocenters. The second kappa shape index (κ2) is 6.96. The van der Waals surface area contributed by atoms with E-state index in [1.165, 1.54) is 0 Å². The maximum Gasteiger partial charge on any atom is 0.270 e. The zero-order valence-electron chi connectivity index (χ0n) is 15.1. The van der Waals surface area contributed by atoms with Gasteiger partial charge in [0.25, 0.3) is 5.91 Å². The molecule has 1 amide bonds. The predicted molar refractivity (Wildman–Crippen MR) is 108 cm³/mol. The molecule has 4 rings (SSSR count). The van der Waals surface area contributed by atoms with Gasteiger partial charge in [0.05, 0.1) is 16.6 Å². The molecule has 7 nitrogen and oxygen atoms in total. The summed E-state index contributed by atoms with van der Waals surface area (Å²) in [6, 6.07) is 11.4. The van der Waals surface area contributed by atoms with Crippen LogP contribution in [0, 0.1) is 6.92 Å². The Balaban J connectivity index is 1.54. The number of carbonyl (C=O) groups is 1. The molecule has 0 aliphatic heterocycles. The zero-order chi connectivity index (χ0) is 19.0. The third-order valence-corrected chi connectivity index (χ3v) is 4.75. The Morgan fingerprint density at radius 1 is 1.22 bits per heavy atom. The Labute approximate surface area is 162 Å². The minimum Gasteiger partial charge on any atom is -0.331 e. The van der Waals surface area contributed by atoms with Gasteiger partial charge in [0, 0.05) is 24.3 Å². The van der Waals surface area contributed by atoms with Gasteiger partial charge in [0.1, 0.15) is 0 Å². The molecule has 2 aromatic heterocycles. The Morgan fingerprint density at radius 2 is 1.96 bits per heavy atom. The average Bonchev–Trinajstić information content (AvgIpc) is 3.47. The summed E-state index contributed by atoms with van der Waals surface area (Å²) >= 11 is 5.24. The van der Waals surface area contributed by atoms with E-state index in [4.69, 9.17) is 17.2 Å². The number of para-hydroxylation sites is 1. The molecule has 0 atom stereocenters. The first-order chi connectivity index (χ1) is 13.0. The second-order valence-corrected chi connectivity index (χ2v) is 7.08. The summed E-state index contributed by atoms with van der Waals surface area (Å²) in [5, 5.41) is 8.52. The van der Waals surface area contributed by atoms with Crippen LogP contribution in [0.25, 0.3) is 11.0 Å². The van der Waals surface area contributed by atoms with Crippen LogP contribution in [0.4, 0.5) is 5.69 Å². The van der Waals surface area contributed by atoms with Gasteiger partial charge in [0.15, 0.2) is 10.8 Å². The van der Waals surface area contributed by atoms with Gasteiger partial charge in [-0.3, -0.25) is 20.3 Å². The SMILES string of the molecule is Cc1nn(C)c2nc(C3CC3)cc(C(=O)NNC(=S)Nc3ccccc3)c12. The lowest BCUT2D eigenvalue weighted by atomic mass is 10.1. The highest BCUT2D eigenvalue weighted by atomic mass is 32.1. The number of amides is 1. The molecule has 1 fully saturated rings. The van der Waals surface area contributed by atoms with E-state index >= 15 is 0 Å². The molecular weight excluding hydrogens is 360 g/mol. The van der Waals surface area contributed by atoms with Crippen molar-refractivity contribution >= 4 is 40.0 Å². The van der Waals surface area contributed by atoms with Crippen molar-refractivity contribution in [2.24, 2.45) is 7.05 Å². The monoisotopic (exact) mass is 380 g/mol. The minimum absolute atomic E-state index is 0.266. The number of hydrogen-bond donors (Lipinski definition) is 3. The minimum atomic E-state index is -0.266. The molecule has 0 bridgehead atoms. The smallest absolute Gasteiger partial charge is 0.270 e. The van der Waals surface area contributed by atoms with Gasteiger partial charge in [-0.25, -0.2) is 4.98 Å². The number of thiocarbonyl (C=S) groups is 1. The molecule has 1 saturated carbocycles. The molecule has 138 valence electrons. The van der Waals surface area contributed by atoms with Crippen LogP contribution in [0.1, 0.15) is 40.5 Å². The standard InChI is InChI=1S/C19H20N6OS/c1-11-16-14(10-15(12-8-9-12)21-17(16)25(2)24-11)18(26)22-23-19(27)20-13-6-4-3-5-7-13/h3-7,10,12H,8-9H2,1-2H3,(H,22,26)(H2,20,23,27). The van der Waals surface area contributed by atoms with Crippen molar-refractivity contribution in [2.45, 2.75) is 25.7 Å². The molecule has 3 N–H and O–H groups in total. The number of nitrogens with zero attached hydrogens (tertiary/aromatic N) is 3. The summed E-state index contributed by atoms with van der Waals surface area (Å²) in [7, 11) is 1.85. The van der Waals surface area contributed by atoms with Gasteiger partial charge in [0.2, 0.25) is 0 Å². The normalized spacial score (nSPS) is 13.4. The number of nitrogens with one attached hydrogen (secondary N) is 3. The number of pyridine rings is 1. The van der Waals surface area contributed by atoms with Gasteiger partial charge < -0.3 is 5.32 Å². The molecule has 2 heterocycles. The third-order valence-electron chi connectivity index (χ3n) is 4.55. The van der Waals surface area contributed by atoms with E-state index in [9.17, 15) is 4.79 Å². The summed E-state index contributed by atoms with van der Waals surface area (Å²) < 4.78 is 1.72. The van der Waals surface area contributed by atoms with Gasteiger partial charge in [-0.05, 0) is 50.2 Å². The van der Waals surface area contributed by atoms with Crippen molar-refractivity contribution in [3.63, 3.8) is 0 Å². The lowest BCUT2D eigenvalue weighted by molar-refractivity contribution is 0.0945.